The van der Waals surface area contributed by atoms with Gasteiger partial charge in [-0.3, -0.25) is 9.69 Å². The van der Waals surface area contributed by atoms with Crippen molar-refractivity contribution in [1.29, 1.82) is 0 Å². The first-order valence-electron chi connectivity index (χ1n) is 9.18. The Hall–Kier alpha value is -1.53. The first-order chi connectivity index (χ1) is 13.0. The average molecular weight is 411 g/mol. The number of carboxylic acid groups (broad SMARTS) is 1. The predicted octanol–water partition coefficient (Wildman–Crippen LogP) is 4.36. The van der Waals surface area contributed by atoms with Crippen LogP contribution in [0.3, 0.4) is 0 Å². The second kappa shape index (κ2) is 9.60. The van der Waals surface area contributed by atoms with E-state index in [0.717, 1.165) is 44.0 Å². The Morgan fingerprint density at radius 1 is 1.15 bits per heavy atom. The second-order valence-electron chi connectivity index (χ2n) is 6.94. The Balaban J connectivity index is 1.39. The van der Waals surface area contributed by atoms with Gasteiger partial charge in [0.2, 0.25) is 0 Å². The van der Waals surface area contributed by atoms with Crippen LogP contribution in [0.4, 0.5) is 0 Å². The van der Waals surface area contributed by atoms with Crippen LogP contribution in [-0.2, 0) is 24.3 Å². The van der Waals surface area contributed by atoms with Gasteiger partial charge in [0.25, 0.3) is 0 Å². The number of nitrogens with zero attached hydrogens (tertiary/aromatic N) is 1. The van der Waals surface area contributed by atoms with Crippen LogP contribution < -0.4 is 5.32 Å². The van der Waals surface area contributed by atoms with Crippen LogP contribution in [0.25, 0.3) is 0 Å². The van der Waals surface area contributed by atoms with Gasteiger partial charge in [-0.15, -0.1) is 0 Å². The van der Waals surface area contributed by atoms with Gasteiger partial charge in [-0.25, -0.2) is 0 Å². The van der Waals surface area contributed by atoms with Gasteiger partial charge in [0, 0.05) is 19.0 Å². The average Bonchev–Trinajstić information content (AvgIpc) is 3.10. The number of aryl methyl sites for hydroxylation is 1. The van der Waals surface area contributed by atoms with E-state index in [0.29, 0.717) is 29.1 Å². The number of carboxylic acids is 1. The smallest absolute Gasteiger partial charge is 0.303 e. The van der Waals surface area contributed by atoms with Crippen LogP contribution >= 0.6 is 23.2 Å². The lowest BCUT2D eigenvalue weighted by Crippen LogP contribution is -2.41. The molecule has 1 aromatic carbocycles. The van der Waals surface area contributed by atoms with Crippen LogP contribution in [0.2, 0.25) is 10.0 Å². The minimum atomic E-state index is -0.807. The number of piperidine rings is 1. The van der Waals surface area contributed by atoms with E-state index in [1.807, 2.05) is 30.3 Å². The molecule has 7 heteroatoms. The van der Waals surface area contributed by atoms with Crippen LogP contribution in [0.5, 0.6) is 0 Å². The van der Waals surface area contributed by atoms with Crippen LogP contribution in [0.1, 0.15) is 36.3 Å². The molecule has 1 aromatic heterocycles. The summed E-state index contributed by atoms with van der Waals surface area (Å²) in [7, 11) is 0. The molecule has 1 saturated heterocycles. The highest BCUT2D eigenvalue weighted by Gasteiger charge is 2.19. The number of nitrogens with one attached hydrogen (secondary N) is 1. The summed E-state index contributed by atoms with van der Waals surface area (Å²) in [4.78, 5) is 13.0. The minimum absolute atomic E-state index is 0.0949. The van der Waals surface area contributed by atoms with E-state index in [9.17, 15) is 4.79 Å². The highest BCUT2D eigenvalue weighted by molar-refractivity contribution is 6.42. The molecule has 2 N–H and O–H groups in total. The van der Waals surface area contributed by atoms with E-state index >= 15 is 0 Å². The first kappa shape index (κ1) is 20.2. The lowest BCUT2D eigenvalue weighted by molar-refractivity contribution is -0.137. The van der Waals surface area contributed by atoms with Crippen molar-refractivity contribution < 1.29 is 14.3 Å². The summed E-state index contributed by atoms with van der Waals surface area (Å²) in [5, 5.41) is 13.5. The fourth-order valence-electron chi connectivity index (χ4n) is 3.32. The Kier molecular flexibility index (Phi) is 7.19. The fraction of sp³-hybridized carbons (Fsp3) is 0.450. The Bertz CT molecular complexity index is 770. The molecule has 0 saturated carbocycles. The summed E-state index contributed by atoms with van der Waals surface area (Å²) in [6, 6.07) is 10.1. The number of hydrogen-bond donors (Lipinski definition) is 2. The lowest BCUT2D eigenvalue weighted by Gasteiger charge is -2.32. The topological polar surface area (TPSA) is 65.7 Å². The Morgan fingerprint density at radius 3 is 2.59 bits per heavy atom. The maximum Gasteiger partial charge on any atom is 0.303 e. The molecule has 1 aliphatic rings. The van der Waals surface area contributed by atoms with Crippen molar-refractivity contribution >= 4 is 29.2 Å². The molecule has 0 radical (unpaired) electrons. The minimum Gasteiger partial charge on any atom is -0.481 e. The van der Waals surface area contributed by atoms with Gasteiger partial charge in [-0.2, -0.15) is 0 Å². The highest BCUT2D eigenvalue weighted by atomic mass is 35.5. The molecule has 1 aliphatic heterocycles. The molecule has 0 aliphatic carbocycles. The summed E-state index contributed by atoms with van der Waals surface area (Å²) in [6.07, 6.45) is 2.68. The van der Waals surface area contributed by atoms with Gasteiger partial charge >= 0.3 is 5.97 Å². The van der Waals surface area contributed by atoms with Crippen molar-refractivity contribution in [1.82, 2.24) is 10.2 Å². The molecule has 5 nitrogen and oxygen atoms in total. The quantitative estimate of drug-likeness (QED) is 0.676. The van der Waals surface area contributed by atoms with Crippen molar-refractivity contribution in [3.05, 3.63) is 57.5 Å². The largest absolute Gasteiger partial charge is 0.481 e. The molecular formula is C20H24Cl2N2O3. The molecule has 0 spiro atoms. The fourth-order valence-corrected chi connectivity index (χ4v) is 3.64. The SMILES string of the molecule is O=C(O)CCc1ccc(CNC2CCN(Cc3ccc(Cl)c(Cl)c3)CC2)o1. The summed E-state index contributed by atoms with van der Waals surface area (Å²) >= 11 is 12.1. The standard InChI is InChI=1S/C20H24Cl2N2O3/c21-18-5-1-14(11-19(18)22)13-24-9-7-15(8-10-24)23-12-17-3-2-16(27-17)4-6-20(25)26/h1-3,5,11,15,23H,4,6-10,12-13H2,(H,25,26). The normalized spacial score (nSPS) is 15.9. The molecular weight excluding hydrogens is 387 g/mol. The molecule has 2 aromatic rings. The summed E-state index contributed by atoms with van der Waals surface area (Å²) in [6.45, 7) is 3.61. The van der Waals surface area contributed by atoms with E-state index in [2.05, 4.69) is 10.2 Å². The van der Waals surface area contributed by atoms with Gasteiger partial charge in [0.15, 0.2) is 0 Å². The number of aliphatic carboxylic acids is 1. The van der Waals surface area contributed by atoms with E-state index < -0.39 is 5.97 Å². The van der Waals surface area contributed by atoms with Gasteiger partial charge in [0.05, 0.1) is 23.0 Å². The molecule has 3 rings (SSSR count). The van der Waals surface area contributed by atoms with Crippen molar-refractivity contribution in [2.24, 2.45) is 0 Å². The van der Waals surface area contributed by atoms with Crippen molar-refractivity contribution in [2.75, 3.05) is 13.1 Å². The lowest BCUT2D eigenvalue weighted by atomic mass is 10.0. The molecule has 146 valence electrons. The Labute approximate surface area is 169 Å². The Morgan fingerprint density at radius 2 is 1.89 bits per heavy atom. The van der Waals surface area contributed by atoms with Crippen molar-refractivity contribution in [3.63, 3.8) is 0 Å². The number of rotatable bonds is 8. The number of carbonyl (C=O) groups is 1. The first-order valence-corrected chi connectivity index (χ1v) is 9.94. The molecule has 0 bridgehead atoms. The molecule has 1 fully saturated rings. The third kappa shape index (κ3) is 6.25. The number of benzene rings is 1. The molecule has 0 unspecified atom stereocenters. The summed E-state index contributed by atoms with van der Waals surface area (Å²) in [5.41, 5.74) is 1.18. The zero-order valence-corrected chi connectivity index (χ0v) is 16.6. The monoisotopic (exact) mass is 410 g/mol. The molecule has 27 heavy (non-hydrogen) atoms. The molecule has 0 atom stereocenters. The maximum absolute atomic E-state index is 10.6. The molecule has 2 heterocycles. The number of likely N-dealkylation sites (tertiary alicyclic amines) is 1. The van der Waals surface area contributed by atoms with Crippen LogP contribution in [-0.4, -0.2) is 35.1 Å². The van der Waals surface area contributed by atoms with E-state index in [1.54, 1.807) is 0 Å². The van der Waals surface area contributed by atoms with Gasteiger partial charge in [-0.1, -0.05) is 29.3 Å². The van der Waals surface area contributed by atoms with Crippen LogP contribution in [0.15, 0.2) is 34.7 Å². The second-order valence-corrected chi connectivity index (χ2v) is 7.76. The van der Waals surface area contributed by atoms with Crippen LogP contribution in [0, 0.1) is 0 Å². The number of furan rings is 1. The zero-order valence-electron chi connectivity index (χ0n) is 15.1. The predicted molar refractivity (Wildman–Crippen MR) is 106 cm³/mol. The zero-order chi connectivity index (χ0) is 19.2. The van der Waals surface area contributed by atoms with Crippen molar-refractivity contribution in [2.45, 2.75) is 44.8 Å². The van der Waals surface area contributed by atoms with E-state index in [-0.39, 0.29) is 6.42 Å². The van der Waals surface area contributed by atoms with Gasteiger partial charge in [-0.05, 0) is 55.8 Å². The molecule has 0 amide bonds. The van der Waals surface area contributed by atoms with E-state index in [1.165, 1.54) is 5.56 Å². The third-order valence-electron chi connectivity index (χ3n) is 4.85. The van der Waals surface area contributed by atoms with Gasteiger partial charge < -0.3 is 14.8 Å². The summed E-state index contributed by atoms with van der Waals surface area (Å²) in [5.74, 6) is 0.776. The summed E-state index contributed by atoms with van der Waals surface area (Å²) < 4.78 is 5.69. The maximum atomic E-state index is 10.6. The highest BCUT2D eigenvalue weighted by Crippen LogP contribution is 2.24. The number of halogens is 2. The van der Waals surface area contributed by atoms with Crippen molar-refractivity contribution in [3.8, 4) is 0 Å². The van der Waals surface area contributed by atoms with Gasteiger partial charge in [0.1, 0.15) is 11.5 Å². The third-order valence-corrected chi connectivity index (χ3v) is 5.58. The van der Waals surface area contributed by atoms with E-state index in [4.69, 9.17) is 32.7 Å². The number of hydrogen-bond acceptors (Lipinski definition) is 4.